The molecule has 0 aliphatic heterocycles. The first-order valence-electron chi connectivity index (χ1n) is 5.85. The Kier molecular flexibility index (Phi) is 5.95. The van der Waals surface area contributed by atoms with Crippen LogP contribution in [0.5, 0.6) is 0 Å². The summed E-state index contributed by atoms with van der Waals surface area (Å²) in [5.74, 6) is -3.53. The highest BCUT2D eigenvalue weighted by Gasteiger charge is 2.39. The van der Waals surface area contributed by atoms with Crippen LogP contribution in [-0.4, -0.2) is 48.5 Å². The van der Waals surface area contributed by atoms with Crippen LogP contribution in [0.2, 0.25) is 0 Å². The predicted octanol–water partition coefficient (Wildman–Crippen LogP) is 1.52. The standard InChI is InChI=1S/C10H11F6N5O2/c1-23-3-2-17-8(19-7(22)10(14,15)16)18-6-4-5(20-21-6)9(11,12)13/h4H,2-3H2,1H3,(H3,17,18,19,20,21,22). The summed E-state index contributed by atoms with van der Waals surface area (Å²) in [6.45, 7) is -0.130. The monoisotopic (exact) mass is 347 g/mol. The molecule has 23 heavy (non-hydrogen) atoms. The van der Waals surface area contributed by atoms with Gasteiger partial charge in [0.15, 0.2) is 5.82 Å². The highest BCUT2D eigenvalue weighted by atomic mass is 19.4. The average Bonchev–Trinajstić information content (AvgIpc) is 2.86. The smallest absolute Gasteiger partial charge is 0.383 e. The molecule has 0 unspecified atom stereocenters. The molecule has 1 aromatic heterocycles. The minimum Gasteiger partial charge on any atom is -0.383 e. The first-order valence-corrected chi connectivity index (χ1v) is 5.85. The maximum absolute atomic E-state index is 12.4. The highest BCUT2D eigenvalue weighted by Crippen LogP contribution is 2.28. The Hall–Kier alpha value is -2.31. The molecule has 1 amide bonds. The maximum atomic E-state index is 12.4. The zero-order valence-electron chi connectivity index (χ0n) is 11.5. The second kappa shape index (κ2) is 7.30. The Bertz CT molecular complexity index is 565. The lowest BCUT2D eigenvalue weighted by molar-refractivity contribution is -0.171. The third kappa shape index (κ3) is 6.14. The molecule has 0 fully saturated rings. The van der Waals surface area contributed by atoms with Crippen molar-refractivity contribution >= 4 is 17.7 Å². The summed E-state index contributed by atoms with van der Waals surface area (Å²) >= 11 is 0. The zero-order valence-corrected chi connectivity index (χ0v) is 11.5. The SMILES string of the molecule is COCCN=C(NC(=O)C(F)(F)F)Nc1cc(C(F)(F)F)[nH]n1. The number of carbonyl (C=O) groups is 1. The van der Waals surface area contributed by atoms with E-state index in [4.69, 9.17) is 0 Å². The van der Waals surface area contributed by atoms with Crippen molar-refractivity contribution in [3.8, 4) is 0 Å². The number of H-pyrrole nitrogens is 1. The number of ether oxygens (including phenoxy) is 1. The Balaban J connectivity index is 2.86. The molecule has 1 rings (SSSR count). The molecular formula is C10H11F6N5O2. The van der Waals surface area contributed by atoms with E-state index in [9.17, 15) is 31.1 Å². The van der Waals surface area contributed by atoms with Crippen molar-refractivity contribution in [2.45, 2.75) is 12.4 Å². The van der Waals surface area contributed by atoms with Crippen molar-refractivity contribution in [1.29, 1.82) is 0 Å². The number of rotatable bonds is 4. The Labute approximate surface area is 125 Å². The summed E-state index contributed by atoms with van der Waals surface area (Å²) in [7, 11) is 1.31. The minimum atomic E-state index is -5.19. The van der Waals surface area contributed by atoms with E-state index in [1.54, 1.807) is 5.10 Å². The molecule has 13 heteroatoms. The number of methoxy groups -OCH3 is 1. The molecule has 7 nitrogen and oxygen atoms in total. The van der Waals surface area contributed by atoms with Crippen molar-refractivity contribution in [2.75, 3.05) is 25.6 Å². The number of alkyl halides is 6. The van der Waals surface area contributed by atoms with Crippen molar-refractivity contribution in [3.63, 3.8) is 0 Å². The number of hydrogen-bond donors (Lipinski definition) is 3. The van der Waals surface area contributed by atoms with Crippen LogP contribution in [-0.2, 0) is 15.7 Å². The van der Waals surface area contributed by atoms with Crippen LogP contribution >= 0.6 is 0 Å². The average molecular weight is 347 g/mol. The third-order valence-corrected chi connectivity index (χ3v) is 2.18. The fraction of sp³-hybridized carbons (Fsp3) is 0.500. The van der Waals surface area contributed by atoms with Crippen molar-refractivity contribution in [3.05, 3.63) is 11.8 Å². The van der Waals surface area contributed by atoms with Crippen LogP contribution < -0.4 is 10.6 Å². The molecule has 0 spiro atoms. The number of nitrogens with one attached hydrogen (secondary N) is 3. The maximum Gasteiger partial charge on any atom is 0.471 e. The number of anilines is 1. The van der Waals surface area contributed by atoms with Gasteiger partial charge in [-0.1, -0.05) is 0 Å². The van der Waals surface area contributed by atoms with E-state index >= 15 is 0 Å². The van der Waals surface area contributed by atoms with Gasteiger partial charge < -0.3 is 10.1 Å². The van der Waals surface area contributed by atoms with E-state index in [1.165, 1.54) is 12.4 Å². The fourth-order valence-electron chi connectivity index (χ4n) is 1.19. The van der Waals surface area contributed by atoms with Gasteiger partial charge in [0, 0.05) is 13.2 Å². The normalized spacial score (nSPS) is 13.1. The molecular weight excluding hydrogens is 336 g/mol. The lowest BCUT2D eigenvalue weighted by Gasteiger charge is -2.11. The van der Waals surface area contributed by atoms with Crippen LogP contribution in [0.15, 0.2) is 11.1 Å². The molecule has 0 bridgehead atoms. The molecule has 1 heterocycles. The Morgan fingerprint density at radius 2 is 2.00 bits per heavy atom. The number of guanidine groups is 1. The predicted molar refractivity (Wildman–Crippen MR) is 65.6 cm³/mol. The Morgan fingerprint density at radius 3 is 2.48 bits per heavy atom. The van der Waals surface area contributed by atoms with Gasteiger partial charge in [-0.2, -0.15) is 31.4 Å². The van der Waals surface area contributed by atoms with Gasteiger partial charge in [-0.15, -0.1) is 0 Å². The number of aromatic nitrogens is 2. The van der Waals surface area contributed by atoms with E-state index in [0.717, 1.165) is 0 Å². The summed E-state index contributed by atoms with van der Waals surface area (Å²) in [5.41, 5.74) is -1.22. The first-order chi connectivity index (χ1) is 10.5. The highest BCUT2D eigenvalue weighted by molar-refractivity contribution is 6.05. The number of aliphatic imine (C=N–C) groups is 1. The van der Waals surface area contributed by atoms with Gasteiger partial charge in [0.05, 0.1) is 13.2 Å². The molecule has 3 N–H and O–H groups in total. The number of nitrogens with zero attached hydrogens (tertiary/aromatic N) is 2. The molecule has 0 saturated carbocycles. The lowest BCUT2D eigenvalue weighted by Crippen LogP contribution is -2.44. The quantitative estimate of drug-likeness (QED) is 0.333. The molecule has 1 aromatic rings. The summed E-state index contributed by atoms with van der Waals surface area (Å²) in [6, 6.07) is 0.506. The summed E-state index contributed by atoms with van der Waals surface area (Å²) in [6.07, 6.45) is -9.90. The summed E-state index contributed by atoms with van der Waals surface area (Å²) < 4.78 is 78.4. The topological polar surface area (TPSA) is 91.4 Å². The number of halogens is 6. The van der Waals surface area contributed by atoms with Gasteiger partial charge in [0.2, 0.25) is 5.96 Å². The molecule has 0 saturated heterocycles. The second-order valence-corrected chi connectivity index (χ2v) is 3.96. The third-order valence-electron chi connectivity index (χ3n) is 2.18. The van der Waals surface area contributed by atoms with E-state index < -0.39 is 35.7 Å². The van der Waals surface area contributed by atoms with Crippen molar-refractivity contribution in [1.82, 2.24) is 15.5 Å². The first kappa shape index (κ1) is 18.7. The molecule has 0 aliphatic carbocycles. The van der Waals surface area contributed by atoms with E-state index in [-0.39, 0.29) is 13.2 Å². The van der Waals surface area contributed by atoms with Gasteiger partial charge in [0.1, 0.15) is 5.69 Å². The molecule has 130 valence electrons. The Morgan fingerprint density at radius 1 is 1.35 bits per heavy atom. The summed E-state index contributed by atoms with van der Waals surface area (Å²) in [5, 5.41) is 8.32. The van der Waals surface area contributed by atoms with Gasteiger partial charge in [-0.3, -0.25) is 20.2 Å². The fourth-order valence-corrected chi connectivity index (χ4v) is 1.19. The van der Waals surface area contributed by atoms with Crippen molar-refractivity contribution < 1.29 is 35.9 Å². The van der Waals surface area contributed by atoms with Gasteiger partial charge >= 0.3 is 18.3 Å². The molecule has 0 radical (unpaired) electrons. The number of hydrogen-bond acceptors (Lipinski definition) is 4. The molecule has 0 aliphatic rings. The van der Waals surface area contributed by atoms with Gasteiger partial charge in [0.25, 0.3) is 0 Å². The zero-order chi connectivity index (χ0) is 17.7. The van der Waals surface area contributed by atoms with E-state index in [2.05, 4.69) is 20.1 Å². The van der Waals surface area contributed by atoms with Crippen LogP contribution in [0, 0.1) is 0 Å². The summed E-state index contributed by atoms with van der Waals surface area (Å²) in [4.78, 5) is 14.4. The number of carbonyl (C=O) groups excluding carboxylic acids is 1. The van der Waals surface area contributed by atoms with Gasteiger partial charge in [-0.05, 0) is 0 Å². The van der Waals surface area contributed by atoms with Crippen LogP contribution in [0.3, 0.4) is 0 Å². The second-order valence-electron chi connectivity index (χ2n) is 3.96. The molecule has 0 aromatic carbocycles. The van der Waals surface area contributed by atoms with Crippen LogP contribution in [0.4, 0.5) is 32.2 Å². The van der Waals surface area contributed by atoms with Crippen LogP contribution in [0.1, 0.15) is 5.69 Å². The van der Waals surface area contributed by atoms with E-state index in [1.807, 2.05) is 0 Å². The van der Waals surface area contributed by atoms with E-state index in [0.29, 0.717) is 6.07 Å². The van der Waals surface area contributed by atoms with Crippen LogP contribution in [0.25, 0.3) is 0 Å². The van der Waals surface area contributed by atoms with Crippen molar-refractivity contribution in [2.24, 2.45) is 4.99 Å². The number of aromatic amines is 1. The number of amides is 1. The largest absolute Gasteiger partial charge is 0.471 e. The lowest BCUT2D eigenvalue weighted by atomic mass is 10.4. The molecule has 0 atom stereocenters. The minimum absolute atomic E-state index is 0.0153. The van der Waals surface area contributed by atoms with Gasteiger partial charge in [-0.25, -0.2) is 0 Å².